The first-order valence-corrected chi connectivity index (χ1v) is 11.0. The summed E-state index contributed by atoms with van der Waals surface area (Å²) in [5.74, 6) is 0.205. The Hall–Kier alpha value is -3.19. The van der Waals surface area contributed by atoms with Crippen LogP contribution in [-0.4, -0.2) is 52.0 Å². The Balaban J connectivity index is 1.28. The number of piperidine rings is 1. The van der Waals surface area contributed by atoms with Gasteiger partial charge in [0.05, 0.1) is 25.3 Å². The van der Waals surface area contributed by atoms with Crippen LogP contribution in [0.4, 0.5) is 4.39 Å². The standard InChI is InChI=1S/C25H26FN3O3/c26-20-7-3-8-21(14-20)32-22-15-25(31-17-22)10-4-12-28(18-25)24(30)23-9-2-1-6-19(23)16-29-13-5-11-27-29/h1-3,5-9,11,13-14,22H,4,10,12,15-18H2/t22-,25+/m1/s1. The summed E-state index contributed by atoms with van der Waals surface area (Å²) in [4.78, 5) is 15.4. The average molecular weight is 435 g/mol. The van der Waals surface area contributed by atoms with E-state index in [1.807, 2.05) is 46.1 Å². The first-order valence-electron chi connectivity index (χ1n) is 11.0. The number of halogens is 1. The number of aromatic nitrogens is 2. The van der Waals surface area contributed by atoms with Crippen molar-refractivity contribution >= 4 is 5.91 Å². The number of carbonyl (C=O) groups excluding carboxylic acids is 1. The van der Waals surface area contributed by atoms with Crippen LogP contribution in [0.2, 0.25) is 0 Å². The zero-order chi connectivity index (χ0) is 22.0. The summed E-state index contributed by atoms with van der Waals surface area (Å²) in [6.45, 7) is 2.22. The molecule has 7 heteroatoms. The molecule has 2 saturated heterocycles. The topological polar surface area (TPSA) is 56.6 Å². The highest BCUT2D eigenvalue weighted by Gasteiger charge is 2.45. The molecule has 1 amide bonds. The summed E-state index contributed by atoms with van der Waals surface area (Å²) >= 11 is 0. The molecule has 166 valence electrons. The maximum absolute atomic E-state index is 13.5. The minimum atomic E-state index is -0.414. The van der Waals surface area contributed by atoms with Gasteiger partial charge in [-0.2, -0.15) is 5.10 Å². The van der Waals surface area contributed by atoms with Crippen LogP contribution in [0.25, 0.3) is 0 Å². The molecule has 2 atom stereocenters. The molecule has 0 bridgehead atoms. The summed E-state index contributed by atoms with van der Waals surface area (Å²) in [7, 11) is 0. The third-order valence-electron chi connectivity index (χ3n) is 6.24. The smallest absolute Gasteiger partial charge is 0.254 e. The molecule has 2 aliphatic heterocycles. The zero-order valence-electron chi connectivity index (χ0n) is 17.8. The van der Waals surface area contributed by atoms with Gasteiger partial charge in [-0.15, -0.1) is 0 Å². The van der Waals surface area contributed by atoms with E-state index < -0.39 is 5.60 Å². The first kappa shape index (κ1) is 20.7. The third-order valence-corrected chi connectivity index (χ3v) is 6.24. The number of hydrogen-bond acceptors (Lipinski definition) is 4. The number of likely N-dealkylation sites (tertiary alicyclic amines) is 1. The fourth-order valence-corrected chi connectivity index (χ4v) is 4.77. The second kappa shape index (κ2) is 8.74. The molecule has 2 aliphatic rings. The van der Waals surface area contributed by atoms with Crippen LogP contribution in [0.5, 0.6) is 5.75 Å². The fraction of sp³-hybridized carbons (Fsp3) is 0.360. The minimum Gasteiger partial charge on any atom is -0.488 e. The average Bonchev–Trinajstić information content (AvgIpc) is 3.44. The van der Waals surface area contributed by atoms with Gasteiger partial charge >= 0.3 is 0 Å². The predicted octanol–water partition coefficient (Wildman–Crippen LogP) is 3.91. The number of rotatable bonds is 5. The van der Waals surface area contributed by atoms with Crippen molar-refractivity contribution in [2.24, 2.45) is 0 Å². The lowest BCUT2D eigenvalue weighted by atomic mass is 9.88. The molecular formula is C25H26FN3O3. The van der Waals surface area contributed by atoms with E-state index >= 15 is 0 Å². The Morgan fingerprint density at radius 2 is 2.12 bits per heavy atom. The van der Waals surface area contributed by atoms with Gasteiger partial charge in [0.1, 0.15) is 17.7 Å². The molecule has 32 heavy (non-hydrogen) atoms. The normalized spacial score (nSPS) is 22.9. The Kier molecular flexibility index (Phi) is 5.66. The molecule has 0 unspecified atom stereocenters. The van der Waals surface area contributed by atoms with Crippen LogP contribution in [0.1, 0.15) is 35.2 Å². The molecule has 3 heterocycles. The molecule has 0 radical (unpaired) electrons. The summed E-state index contributed by atoms with van der Waals surface area (Å²) < 4.78 is 27.5. The first-order chi connectivity index (χ1) is 15.6. The van der Waals surface area contributed by atoms with Gasteiger partial charge in [0.15, 0.2) is 0 Å². The number of carbonyl (C=O) groups is 1. The van der Waals surface area contributed by atoms with E-state index in [1.165, 1.54) is 12.1 Å². The van der Waals surface area contributed by atoms with Gasteiger partial charge in [0.2, 0.25) is 0 Å². The highest BCUT2D eigenvalue weighted by Crippen LogP contribution is 2.37. The Morgan fingerprint density at radius 1 is 1.22 bits per heavy atom. The lowest BCUT2D eigenvalue weighted by molar-refractivity contribution is -0.0453. The van der Waals surface area contributed by atoms with Gasteiger partial charge < -0.3 is 14.4 Å². The number of ether oxygens (including phenoxy) is 2. The van der Waals surface area contributed by atoms with E-state index in [9.17, 15) is 9.18 Å². The van der Waals surface area contributed by atoms with Crippen molar-refractivity contribution in [1.82, 2.24) is 14.7 Å². The number of nitrogens with zero attached hydrogens (tertiary/aromatic N) is 3. The Labute approximate surface area is 186 Å². The Bertz CT molecular complexity index is 1090. The highest BCUT2D eigenvalue weighted by atomic mass is 19.1. The van der Waals surface area contributed by atoms with Gasteiger partial charge in [0.25, 0.3) is 5.91 Å². The SMILES string of the molecule is O=C(c1ccccc1Cn1cccn1)N1CCC[C@]2(C[C@@H](Oc3cccc(F)c3)CO2)C1. The van der Waals surface area contributed by atoms with E-state index in [1.54, 1.807) is 18.3 Å². The van der Waals surface area contributed by atoms with E-state index in [2.05, 4.69) is 5.10 Å². The summed E-state index contributed by atoms with van der Waals surface area (Å²) in [6, 6.07) is 15.7. The summed E-state index contributed by atoms with van der Waals surface area (Å²) in [5.41, 5.74) is 1.23. The molecule has 5 rings (SSSR count). The fourth-order valence-electron chi connectivity index (χ4n) is 4.77. The number of hydrogen-bond donors (Lipinski definition) is 0. The van der Waals surface area contributed by atoms with Crippen molar-refractivity contribution in [2.45, 2.75) is 37.5 Å². The molecule has 1 spiro atoms. The van der Waals surface area contributed by atoms with Gasteiger partial charge in [-0.1, -0.05) is 24.3 Å². The van der Waals surface area contributed by atoms with Crippen LogP contribution >= 0.6 is 0 Å². The van der Waals surface area contributed by atoms with Gasteiger partial charge in [-0.25, -0.2) is 4.39 Å². The van der Waals surface area contributed by atoms with E-state index in [0.717, 1.165) is 18.4 Å². The van der Waals surface area contributed by atoms with E-state index in [0.29, 0.717) is 44.0 Å². The molecule has 3 aromatic rings. The van der Waals surface area contributed by atoms with Crippen molar-refractivity contribution < 1.29 is 18.7 Å². The van der Waals surface area contributed by atoms with Crippen molar-refractivity contribution in [3.05, 3.63) is 83.9 Å². The van der Waals surface area contributed by atoms with Crippen molar-refractivity contribution in [3.63, 3.8) is 0 Å². The molecule has 0 saturated carbocycles. The monoisotopic (exact) mass is 435 g/mol. The van der Waals surface area contributed by atoms with Crippen LogP contribution in [0, 0.1) is 5.82 Å². The second-order valence-electron chi connectivity index (χ2n) is 8.59. The second-order valence-corrected chi connectivity index (χ2v) is 8.59. The number of benzene rings is 2. The zero-order valence-corrected chi connectivity index (χ0v) is 17.8. The summed E-state index contributed by atoms with van der Waals surface area (Å²) in [6.07, 6.45) is 5.91. The van der Waals surface area contributed by atoms with E-state index in [4.69, 9.17) is 9.47 Å². The van der Waals surface area contributed by atoms with Crippen LogP contribution in [-0.2, 0) is 11.3 Å². The van der Waals surface area contributed by atoms with Crippen molar-refractivity contribution in [1.29, 1.82) is 0 Å². The molecule has 0 aliphatic carbocycles. The quantitative estimate of drug-likeness (QED) is 0.610. The van der Waals surface area contributed by atoms with Crippen LogP contribution in [0.15, 0.2) is 67.0 Å². The largest absolute Gasteiger partial charge is 0.488 e. The summed E-state index contributed by atoms with van der Waals surface area (Å²) in [5, 5.41) is 4.26. The van der Waals surface area contributed by atoms with E-state index in [-0.39, 0.29) is 17.8 Å². The van der Waals surface area contributed by atoms with Crippen LogP contribution < -0.4 is 4.74 Å². The maximum atomic E-state index is 13.5. The Morgan fingerprint density at radius 3 is 2.97 bits per heavy atom. The van der Waals surface area contributed by atoms with Gasteiger partial charge in [0, 0.05) is 37.0 Å². The van der Waals surface area contributed by atoms with Gasteiger partial charge in [-0.05, 0) is 42.7 Å². The molecular weight excluding hydrogens is 409 g/mol. The lowest BCUT2D eigenvalue weighted by Crippen LogP contribution is -2.50. The molecule has 1 aromatic heterocycles. The lowest BCUT2D eigenvalue weighted by Gasteiger charge is -2.39. The molecule has 0 N–H and O–H groups in total. The predicted molar refractivity (Wildman–Crippen MR) is 117 cm³/mol. The van der Waals surface area contributed by atoms with Crippen molar-refractivity contribution in [2.75, 3.05) is 19.7 Å². The molecule has 2 aromatic carbocycles. The van der Waals surface area contributed by atoms with Crippen molar-refractivity contribution in [3.8, 4) is 5.75 Å². The molecule has 2 fully saturated rings. The highest BCUT2D eigenvalue weighted by molar-refractivity contribution is 5.95. The minimum absolute atomic E-state index is 0.0185. The maximum Gasteiger partial charge on any atom is 0.254 e. The van der Waals surface area contributed by atoms with Crippen LogP contribution in [0.3, 0.4) is 0 Å². The van der Waals surface area contributed by atoms with Gasteiger partial charge in [-0.3, -0.25) is 9.48 Å². The third kappa shape index (κ3) is 4.39. The molecule has 6 nitrogen and oxygen atoms in total. The number of amides is 1.